The molecule has 0 saturated carbocycles. The van der Waals surface area contributed by atoms with Crippen LogP contribution in [0.3, 0.4) is 0 Å². The van der Waals surface area contributed by atoms with E-state index in [1.54, 1.807) is 13.8 Å². The van der Waals surface area contributed by atoms with Crippen LogP contribution in [0.4, 0.5) is 0 Å². The molecule has 0 aliphatic carbocycles. The van der Waals surface area contributed by atoms with Gasteiger partial charge in [-0.25, -0.2) is 9.78 Å². The Hall–Kier alpha value is -2.95. The van der Waals surface area contributed by atoms with Gasteiger partial charge in [0, 0.05) is 18.3 Å². The summed E-state index contributed by atoms with van der Waals surface area (Å²) in [6, 6.07) is -3.50. The molecule has 0 radical (unpaired) electrons. The van der Waals surface area contributed by atoms with Gasteiger partial charge in [-0.2, -0.15) is 0 Å². The van der Waals surface area contributed by atoms with Gasteiger partial charge in [0.05, 0.1) is 18.8 Å². The summed E-state index contributed by atoms with van der Waals surface area (Å²) in [5, 5.41) is 13.8. The number of imidazole rings is 1. The maximum Gasteiger partial charge on any atom is 0.326 e. The lowest BCUT2D eigenvalue weighted by molar-refractivity contribution is -0.143. The fraction of sp³-hybridized carbons (Fsp3) is 0.533. The van der Waals surface area contributed by atoms with Crippen molar-refractivity contribution in [3.8, 4) is 0 Å². The molecule has 3 atom stereocenters. The molecule has 1 aromatic rings. The number of H-pyrrole nitrogens is 1. The largest absolute Gasteiger partial charge is 0.480 e. The molecule has 11 heteroatoms. The molecule has 1 rings (SSSR count). The van der Waals surface area contributed by atoms with E-state index in [2.05, 4.69) is 20.6 Å². The third-order valence-electron chi connectivity index (χ3n) is 3.60. The average Bonchev–Trinajstić information content (AvgIpc) is 3.03. The number of nitrogens with zero attached hydrogens (tertiary/aromatic N) is 1. The van der Waals surface area contributed by atoms with Crippen molar-refractivity contribution in [2.45, 2.75) is 44.8 Å². The summed E-state index contributed by atoms with van der Waals surface area (Å²) in [7, 11) is 0. The van der Waals surface area contributed by atoms with E-state index in [1.807, 2.05) is 0 Å². The van der Waals surface area contributed by atoms with Crippen LogP contribution in [0.2, 0.25) is 0 Å². The monoisotopic (exact) mass is 368 g/mol. The fourth-order valence-corrected chi connectivity index (χ4v) is 2.18. The third kappa shape index (κ3) is 6.51. The molecule has 144 valence electrons. The van der Waals surface area contributed by atoms with Crippen molar-refractivity contribution in [3.63, 3.8) is 0 Å². The number of primary amides is 1. The van der Waals surface area contributed by atoms with Crippen LogP contribution in [0.15, 0.2) is 12.5 Å². The van der Waals surface area contributed by atoms with Gasteiger partial charge in [-0.15, -0.1) is 0 Å². The van der Waals surface area contributed by atoms with Crippen molar-refractivity contribution in [1.82, 2.24) is 20.6 Å². The number of hydrogen-bond acceptors (Lipinski definition) is 6. The quantitative estimate of drug-likeness (QED) is 0.271. The topological polar surface area (TPSA) is 193 Å². The van der Waals surface area contributed by atoms with E-state index in [4.69, 9.17) is 16.6 Å². The summed E-state index contributed by atoms with van der Waals surface area (Å²) in [4.78, 5) is 53.5. The minimum absolute atomic E-state index is 0.139. The first-order valence-electron chi connectivity index (χ1n) is 7.96. The van der Waals surface area contributed by atoms with Gasteiger partial charge in [-0.05, 0) is 5.92 Å². The molecule has 0 aliphatic heterocycles. The van der Waals surface area contributed by atoms with Crippen molar-refractivity contribution in [2.75, 3.05) is 0 Å². The van der Waals surface area contributed by atoms with Crippen molar-refractivity contribution in [1.29, 1.82) is 0 Å². The number of nitrogens with two attached hydrogens (primary N) is 2. The summed E-state index contributed by atoms with van der Waals surface area (Å²) in [6.07, 6.45) is 2.58. The third-order valence-corrected chi connectivity index (χ3v) is 3.60. The van der Waals surface area contributed by atoms with E-state index in [-0.39, 0.29) is 6.42 Å². The maximum absolute atomic E-state index is 12.3. The van der Waals surface area contributed by atoms with Crippen LogP contribution in [0.1, 0.15) is 26.0 Å². The molecule has 1 heterocycles. The van der Waals surface area contributed by atoms with E-state index < -0.39 is 54.2 Å². The lowest BCUT2D eigenvalue weighted by atomic mass is 10.0. The second-order valence-electron chi connectivity index (χ2n) is 6.19. The molecule has 11 nitrogen and oxygen atoms in total. The average molecular weight is 368 g/mol. The van der Waals surface area contributed by atoms with Crippen LogP contribution >= 0.6 is 0 Å². The standard InChI is InChI=1S/C15H24N6O5/c1-7(2)12(15(25)26)21-14(24)10(4-11(17)22)20-13(23)9(16)3-8-5-18-6-19-8/h5-7,9-10,12H,3-4,16H2,1-2H3,(H2,17,22)(H,18,19)(H,20,23)(H,21,24)(H,25,26)/t9-,10-,12-/m0/s1. The van der Waals surface area contributed by atoms with E-state index in [9.17, 15) is 19.2 Å². The Morgan fingerprint density at radius 2 is 1.88 bits per heavy atom. The van der Waals surface area contributed by atoms with Gasteiger partial charge in [-0.1, -0.05) is 13.8 Å². The Morgan fingerprint density at radius 1 is 1.23 bits per heavy atom. The van der Waals surface area contributed by atoms with E-state index in [1.165, 1.54) is 12.5 Å². The lowest BCUT2D eigenvalue weighted by Crippen LogP contribution is -2.56. The van der Waals surface area contributed by atoms with Crippen molar-refractivity contribution < 1.29 is 24.3 Å². The first-order chi connectivity index (χ1) is 12.1. The SMILES string of the molecule is CC(C)[C@H](NC(=O)[C@H](CC(N)=O)NC(=O)[C@@H](N)Cc1cnc[nH]1)C(=O)O. The van der Waals surface area contributed by atoms with Gasteiger partial charge >= 0.3 is 5.97 Å². The molecule has 26 heavy (non-hydrogen) atoms. The number of hydrogen-bond donors (Lipinski definition) is 6. The molecule has 0 unspecified atom stereocenters. The number of carbonyl (C=O) groups is 4. The van der Waals surface area contributed by atoms with Gasteiger partial charge in [0.25, 0.3) is 0 Å². The number of carboxylic acids is 1. The highest BCUT2D eigenvalue weighted by molar-refractivity contribution is 5.94. The van der Waals surface area contributed by atoms with Crippen LogP contribution in [-0.4, -0.2) is 56.9 Å². The lowest BCUT2D eigenvalue weighted by Gasteiger charge is -2.23. The molecule has 0 fully saturated rings. The smallest absolute Gasteiger partial charge is 0.326 e. The molecular formula is C15H24N6O5. The number of rotatable bonds is 10. The van der Waals surface area contributed by atoms with E-state index >= 15 is 0 Å². The molecule has 1 aromatic heterocycles. The second-order valence-corrected chi connectivity index (χ2v) is 6.19. The normalized spacial score (nSPS) is 14.3. The molecular weight excluding hydrogens is 344 g/mol. The molecule has 0 bridgehead atoms. The zero-order chi connectivity index (χ0) is 19.9. The van der Waals surface area contributed by atoms with E-state index in [0.717, 1.165) is 0 Å². The van der Waals surface area contributed by atoms with Crippen molar-refractivity contribution in [2.24, 2.45) is 17.4 Å². The Balaban J connectivity index is 2.78. The van der Waals surface area contributed by atoms with Crippen LogP contribution in [-0.2, 0) is 25.6 Å². The number of aliphatic carboxylic acids is 1. The Morgan fingerprint density at radius 3 is 2.35 bits per heavy atom. The minimum atomic E-state index is -1.33. The van der Waals surface area contributed by atoms with Gasteiger partial charge in [-0.3, -0.25) is 14.4 Å². The van der Waals surface area contributed by atoms with Gasteiger partial charge in [0.15, 0.2) is 0 Å². The highest BCUT2D eigenvalue weighted by Gasteiger charge is 2.30. The van der Waals surface area contributed by atoms with Gasteiger partial charge in [0.1, 0.15) is 12.1 Å². The highest BCUT2D eigenvalue weighted by atomic mass is 16.4. The first-order valence-corrected chi connectivity index (χ1v) is 7.96. The fourth-order valence-electron chi connectivity index (χ4n) is 2.18. The van der Waals surface area contributed by atoms with E-state index in [0.29, 0.717) is 5.69 Å². The summed E-state index contributed by atoms with van der Waals surface area (Å²) >= 11 is 0. The predicted octanol–water partition coefficient (Wildman–Crippen LogP) is -2.13. The molecule has 8 N–H and O–H groups in total. The summed E-state index contributed by atoms with van der Waals surface area (Å²) in [6.45, 7) is 3.22. The summed E-state index contributed by atoms with van der Waals surface area (Å²) in [5.74, 6) is -3.97. The van der Waals surface area contributed by atoms with Crippen molar-refractivity contribution in [3.05, 3.63) is 18.2 Å². The Labute approximate surface area is 149 Å². The molecule has 0 saturated heterocycles. The van der Waals surface area contributed by atoms with Crippen LogP contribution < -0.4 is 22.1 Å². The van der Waals surface area contributed by atoms with Crippen molar-refractivity contribution >= 4 is 23.7 Å². The number of aromatic nitrogens is 2. The first kappa shape index (κ1) is 21.1. The number of nitrogens with one attached hydrogen (secondary N) is 3. The van der Waals surface area contributed by atoms with Gasteiger partial charge < -0.3 is 32.2 Å². The van der Waals surface area contributed by atoms with Crippen LogP contribution in [0.25, 0.3) is 0 Å². The molecule has 3 amide bonds. The minimum Gasteiger partial charge on any atom is -0.480 e. The second kappa shape index (κ2) is 9.51. The summed E-state index contributed by atoms with van der Waals surface area (Å²) < 4.78 is 0. The Bertz CT molecular complexity index is 645. The van der Waals surface area contributed by atoms with Crippen LogP contribution in [0, 0.1) is 5.92 Å². The van der Waals surface area contributed by atoms with Crippen LogP contribution in [0.5, 0.6) is 0 Å². The molecule has 0 aromatic carbocycles. The zero-order valence-electron chi connectivity index (χ0n) is 14.6. The molecule has 0 aliphatic rings. The zero-order valence-corrected chi connectivity index (χ0v) is 14.6. The van der Waals surface area contributed by atoms with Gasteiger partial charge in [0.2, 0.25) is 17.7 Å². The number of carboxylic acid groups (broad SMARTS) is 1. The number of amides is 3. The maximum atomic E-state index is 12.3. The molecule has 0 spiro atoms. The Kier molecular flexibility index (Phi) is 7.72. The number of carbonyl (C=O) groups excluding carboxylic acids is 3. The predicted molar refractivity (Wildman–Crippen MR) is 90.4 cm³/mol. The number of aromatic amines is 1. The summed E-state index contributed by atoms with van der Waals surface area (Å²) in [5.41, 5.74) is 11.5. The highest BCUT2D eigenvalue weighted by Crippen LogP contribution is 2.04.